The van der Waals surface area contributed by atoms with Gasteiger partial charge in [-0.3, -0.25) is 0 Å². The summed E-state index contributed by atoms with van der Waals surface area (Å²) in [4.78, 5) is 0. The van der Waals surface area contributed by atoms with Gasteiger partial charge in [0, 0.05) is 6.54 Å². The lowest BCUT2D eigenvalue weighted by Gasteiger charge is -2.29. The summed E-state index contributed by atoms with van der Waals surface area (Å²) in [6.45, 7) is 6.40. The van der Waals surface area contributed by atoms with Crippen molar-refractivity contribution >= 4 is 0 Å². The first-order valence-corrected chi connectivity index (χ1v) is 4.59. The fourth-order valence-electron chi connectivity index (χ4n) is 1.76. The van der Waals surface area contributed by atoms with Crippen LogP contribution in [0.15, 0.2) is 0 Å². The van der Waals surface area contributed by atoms with E-state index in [1.54, 1.807) is 0 Å². The van der Waals surface area contributed by atoms with E-state index in [4.69, 9.17) is 0 Å². The van der Waals surface area contributed by atoms with Gasteiger partial charge in [-0.05, 0) is 31.2 Å². The van der Waals surface area contributed by atoms with Gasteiger partial charge in [-0.1, -0.05) is 13.8 Å². The molecule has 0 aliphatic carbocycles. The van der Waals surface area contributed by atoms with Crippen LogP contribution in [0.2, 0.25) is 0 Å². The van der Waals surface area contributed by atoms with E-state index in [1.807, 2.05) is 0 Å². The average molecular weight is 157 g/mol. The van der Waals surface area contributed by atoms with E-state index in [2.05, 4.69) is 19.2 Å². The maximum atomic E-state index is 9.58. The molecule has 0 unspecified atom stereocenters. The molecule has 0 spiro atoms. The van der Waals surface area contributed by atoms with Gasteiger partial charge in [0.25, 0.3) is 0 Å². The van der Waals surface area contributed by atoms with Gasteiger partial charge in [-0.25, -0.2) is 0 Å². The topological polar surface area (TPSA) is 32.3 Å². The first-order valence-electron chi connectivity index (χ1n) is 4.59. The van der Waals surface area contributed by atoms with Gasteiger partial charge in [0.05, 0.1) is 6.10 Å². The van der Waals surface area contributed by atoms with Crippen LogP contribution < -0.4 is 5.32 Å². The van der Waals surface area contributed by atoms with E-state index < -0.39 is 0 Å². The van der Waals surface area contributed by atoms with Crippen LogP contribution in [0.3, 0.4) is 0 Å². The summed E-state index contributed by atoms with van der Waals surface area (Å²) >= 11 is 0. The molecule has 1 aliphatic heterocycles. The Morgan fingerprint density at radius 1 is 1.55 bits per heavy atom. The van der Waals surface area contributed by atoms with Crippen molar-refractivity contribution in [2.24, 2.45) is 11.8 Å². The number of nitrogens with one attached hydrogen (secondary N) is 1. The maximum absolute atomic E-state index is 9.58. The maximum Gasteiger partial charge on any atom is 0.0592 e. The van der Waals surface area contributed by atoms with E-state index in [-0.39, 0.29) is 6.10 Å². The summed E-state index contributed by atoms with van der Waals surface area (Å²) in [6, 6.07) is 0. The molecule has 2 N–H and O–H groups in total. The Bertz CT molecular complexity index is 114. The third-order valence-electron chi connectivity index (χ3n) is 2.34. The molecule has 0 aromatic rings. The second-order valence-corrected chi connectivity index (χ2v) is 3.95. The smallest absolute Gasteiger partial charge is 0.0592 e. The van der Waals surface area contributed by atoms with Crippen LogP contribution in [0.1, 0.15) is 26.7 Å². The Morgan fingerprint density at radius 3 is 2.82 bits per heavy atom. The highest BCUT2D eigenvalue weighted by Gasteiger charge is 2.22. The predicted molar refractivity (Wildman–Crippen MR) is 46.4 cm³/mol. The van der Waals surface area contributed by atoms with Crippen molar-refractivity contribution in [3.8, 4) is 0 Å². The molecular formula is C9H19NO. The highest BCUT2D eigenvalue weighted by molar-refractivity contribution is 4.77. The fourth-order valence-corrected chi connectivity index (χ4v) is 1.76. The summed E-state index contributed by atoms with van der Waals surface area (Å²) in [5.74, 6) is 1.19. The Morgan fingerprint density at radius 2 is 2.27 bits per heavy atom. The normalized spacial score (nSPS) is 32.7. The van der Waals surface area contributed by atoms with Crippen molar-refractivity contribution in [2.75, 3.05) is 13.1 Å². The second kappa shape index (κ2) is 4.07. The summed E-state index contributed by atoms with van der Waals surface area (Å²) < 4.78 is 0. The van der Waals surface area contributed by atoms with Crippen LogP contribution in [-0.2, 0) is 0 Å². The average Bonchev–Trinajstić information content (AvgIpc) is 1.93. The summed E-state index contributed by atoms with van der Waals surface area (Å²) in [5, 5.41) is 12.9. The Hall–Kier alpha value is -0.0800. The molecule has 0 radical (unpaired) electrons. The fraction of sp³-hybridized carbons (Fsp3) is 1.00. The highest BCUT2D eigenvalue weighted by atomic mass is 16.3. The zero-order valence-electron chi connectivity index (χ0n) is 7.51. The van der Waals surface area contributed by atoms with Gasteiger partial charge >= 0.3 is 0 Å². The van der Waals surface area contributed by atoms with E-state index in [0.29, 0.717) is 11.8 Å². The Balaban J connectivity index is 2.29. The Kier molecular flexibility index (Phi) is 3.34. The number of piperidine rings is 1. The van der Waals surface area contributed by atoms with Crippen LogP contribution in [0.25, 0.3) is 0 Å². The third kappa shape index (κ3) is 2.80. The summed E-state index contributed by atoms with van der Waals surface area (Å²) in [5.41, 5.74) is 0. The molecular weight excluding hydrogens is 138 g/mol. The number of aliphatic hydroxyl groups is 1. The van der Waals surface area contributed by atoms with E-state index in [0.717, 1.165) is 25.9 Å². The molecule has 0 bridgehead atoms. The van der Waals surface area contributed by atoms with Crippen molar-refractivity contribution < 1.29 is 5.11 Å². The molecule has 2 atom stereocenters. The molecule has 1 aliphatic rings. The molecule has 2 nitrogen and oxygen atoms in total. The molecule has 2 heteroatoms. The lowest BCUT2D eigenvalue weighted by atomic mass is 9.88. The highest BCUT2D eigenvalue weighted by Crippen LogP contribution is 2.19. The predicted octanol–water partition coefficient (Wildman–Crippen LogP) is 1.00. The van der Waals surface area contributed by atoms with Crippen LogP contribution in [0, 0.1) is 11.8 Å². The van der Waals surface area contributed by atoms with Gasteiger partial charge in [0.1, 0.15) is 0 Å². The second-order valence-electron chi connectivity index (χ2n) is 3.95. The van der Waals surface area contributed by atoms with Gasteiger partial charge in [0.15, 0.2) is 0 Å². The summed E-state index contributed by atoms with van der Waals surface area (Å²) in [7, 11) is 0. The molecule has 1 fully saturated rings. The zero-order valence-corrected chi connectivity index (χ0v) is 7.51. The quantitative estimate of drug-likeness (QED) is 0.627. The first-order chi connectivity index (χ1) is 5.20. The molecule has 1 saturated heterocycles. The van der Waals surface area contributed by atoms with Gasteiger partial charge in [-0.2, -0.15) is 0 Å². The molecule has 0 aromatic heterocycles. The lowest BCUT2D eigenvalue weighted by Crippen LogP contribution is -2.40. The van der Waals surface area contributed by atoms with Crippen molar-refractivity contribution in [3.63, 3.8) is 0 Å². The number of hydrogen-bond donors (Lipinski definition) is 2. The number of aliphatic hydroxyl groups excluding tert-OH is 1. The largest absolute Gasteiger partial charge is 0.393 e. The van der Waals surface area contributed by atoms with E-state index in [9.17, 15) is 5.11 Å². The van der Waals surface area contributed by atoms with Crippen molar-refractivity contribution in [3.05, 3.63) is 0 Å². The van der Waals surface area contributed by atoms with Crippen molar-refractivity contribution in [2.45, 2.75) is 32.8 Å². The molecule has 0 amide bonds. The molecule has 1 heterocycles. The SMILES string of the molecule is CC(C)C[C@@H]1CNCC[C@H]1O. The lowest BCUT2D eigenvalue weighted by molar-refractivity contribution is 0.0679. The van der Waals surface area contributed by atoms with Crippen LogP contribution in [0.5, 0.6) is 0 Å². The minimum Gasteiger partial charge on any atom is -0.393 e. The molecule has 0 saturated carbocycles. The van der Waals surface area contributed by atoms with Gasteiger partial charge < -0.3 is 10.4 Å². The number of hydrogen-bond acceptors (Lipinski definition) is 2. The van der Waals surface area contributed by atoms with Crippen LogP contribution in [0.4, 0.5) is 0 Å². The van der Waals surface area contributed by atoms with E-state index >= 15 is 0 Å². The van der Waals surface area contributed by atoms with E-state index in [1.165, 1.54) is 0 Å². The van der Waals surface area contributed by atoms with Gasteiger partial charge in [-0.15, -0.1) is 0 Å². The molecule has 66 valence electrons. The first kappa shape index (κ1) is 9.01. The van der Waals surface area contributed by atoms with Crippen molar-refractivity contribution in [1.82, 2.24) is 5.32 Å². The zero-order chi connectivity index (χ0) is 8.27. The van der Waals surface area contributed by atoms with Gasteiger partial charge in [0.2, 0.25) is 0 Å². The molecule has 0 aromatic carbocycles. The number of rotatable bonds is 2. The third-order valence-corrected chi connectivity index (χ3v) is 2.34. The Labute approximate surface area is 69.0 Å². The molecule has 11 heavy (non-hydrogen) atoms. The van der Waals surface area contributed by atoms with Crippen LogP contribution >= 0.6 is 0 Å². The minimum atomic E-state index is -0.0568. The standard InChI is InChI=1S/C9H19NO/c1-7(2)5-8-6-10-4-3-9(8)11/h7-11H,3-6H2,1-2H3/t8-,9-/m1/s1. The monoisotopic (exact) mass is 157 g/mol. The minimum absolute atomic E-state index is 0.0568. The molecule has 1 rings (SSSR count). The van der Waals surface area contributed by atoms with Crippen molar-refractivity contribution in [1.29, 1.82) is 0 Å². The van der Waals surface area contributed by atoms with Crippen LogP contribution in [-0.4, -0.2) is 24.3 Å². The summed E-state index contributed by atoms with van der Waals surface area (Å²) in [6.07, 6.45) is 2.02.